The molecule has 0 aromatic rings. The van der Waals surface area contributed by atoms with Crippen molar-refractivity contribution in [2.24, 2.45) is 0 Å². The van der Waals surface area contributed by atoms with Crippen molar-refractivity contribution in [1.82, 2.24) is 0 Å². The van der Waals surface area contributed by atoms with Crippen LogP contribution in [0.4, 0.5) is 0 Å². The van der Waals surface area contributed by atoms with E-state index in [1.165, 1.54) is 103 Å². The molecular weight excluding hydrogens is 769 g/mol. The van der Waals surface area contributed by atoms with Crippen LogP contribution in [-0.2, 0) is 28.6 Å². The van der Waals surface area contributed by atoms with E-state index in [9.17, 15) is 14.4 Å². The third-order valence-electron chi connectivity index (χ3n) is 11.0. The van der Waals surface area contributed by atoms with Crippen molar-refractivity contribution >= 4 is 17.9 Å². The highest BCUT2D eigenvalue weighted by Crippen LogP contribution is 2.15. The molecule has 0 aromatic heterocycles. The molecule has 6 heteroatoms. The molecule has 0 aliphatic heterocycles. The molecule has 0 heterocycles. The second-order valence-electron chi connectivity index (χ2n) is 17.1. The van der Waals surface area contributed by atoms with Gasteiger partial charge in [-0.3, -0.25) is 14.4 Å². The molecule has 0 N–H and O–H groups in total. The molecule has 0 amide bonds. The zero-order valence-corrected chi connectivity index (χ0v) is 40.6. The predicted octanol–water partition coefficient (Wildman–Crippen LogP) is 17.0. The summed E-state index contributed by atoms with van der Waals surface area (Å²) < 4.78 is 16.7. The Labute approximate surface area is 382 Å². The third-order valence-corrected chi connectivity index (χ3v) is 11.0. The molecule has 62 heavy (non-hydrogen) atoms. The van der Waals surface area contributed by atoms with Crippen LogP contribution in [0.15, 0.2) is 72.9 Å². The van der Waals surface area contributed by atoms with E-state index in [2.05, 4.69) is 93.7 Å². The first-order valence-electron chi connectivity index (χ1n) is 26.0. The molecule has 0 bridgehead atoms. The van der Waals surface area contributed by atoms with Gasteiger partial charge in [-0.1, -0.05) is 222 Å². The Morgan fingerprint density at radius 3 is 1.13 bits per heavy atom. The molecule has 0 spiro atoms. The summed E-state index contributed by atoms with van der Waals surface area (Å²) in [6, 6.07) is 0. The maximum absolute atomic E-state index is 12.8. The van der Waals surface area contributed by atoms with Gasteiger partial charge in [0.15, 0.2) is 6.10 Å². The first-order chi connectivity index (χ1) is 30.5. The minimum Gasteiger partial charge on any atom is -0.462 e. The van der Waals surface area contributed by atoms with E-state index in [1.54, 1.807) is 0 Å². The first-order valence-corrected chi connectivity index (χ1v) is 26.0. The molecule has 0 aliphatic carbocycles. The fourth-order valence-corrected chi connectivity index (χ4v) is 7.06. The topological polar surface area (TPSA) is 78.9 Å². The Hall–Kier alpha value is -3.15. The van der Waals surface area contributed by atoms with Gasteiger partial charge in [-0.15, -0.1) is 0 Å². The Morgan fingerprint density at radius 1 is 0.355 bits per heavy atom. The smallest absolute Gasteiger partial charge is 0.306 e. The summed E-state index contributed by atoms with van der Waals surface area (Å²) in [7, 11) is 0. The molecule has 6 nitrogen and oxygen atoms in total. The van der Waals surface area contributed by atoms with E-state index in [-0.39, 0.29) is 37.5 Å². The van der Waals surface area contributed by atoms with Gasteiger partial charge in [0.1, 0.15) is 13.2 Å². The van der Waals surface area contributed by atoms with Crippen molar-refractivity contribution in [3.63, 3.8) is 0 Å². The lowest BCUT2D eigenvalue weighted by molar-refractivity contribution is -0.167. The van der Waals surface area contributed by atoms with Crippen molar-refractivity contribution < 1.29 is 28.6 Å². The minimum atomic E-state index is -0.800. The number of carbonyl (C=O) groups excluding carboxylic acids is 3. The van der Waals surface area contributed by atoms with Crippen LogP contribution in [0.1, 0.15) is 245 Å². The van der Waals surface area contributed by atoms with Gasteiger partial charge in [0.25, 0.3) is 0 Å². The van der Waals surface area contributed by atoms with Crippen molar-refractivity contribution in [2.75, 3.05) is 13.2 Å². The van der Waals surface area contributed by atoms with Gasteiger partial charge < -0.3 is 14.2 Å². The zero-order chi connectivity index (χ0) is 45.1. The van der Waals surface area contributed by atoms with Crippen molar-refractivity contribution in [2.45, 2.75) is 252 Å². The fraction of sp³-hybridized carbons (Fsp3) is 0.732. The molecule has 1 unspecified atom stereocenters. The molecule has 0 radical (unpaired) electrons. The lowest BCUT2D eigenvalue weighted by Gasteiger charge is -2.18. The maximum atomic E-state index is 12.8. The summed E-state index contributed by atoms with van der Waals surface area (Å²) in [4.78, 5) is 37.9. The Kier molecular flexibility index (Phi) is 47.9. The summed E-state index contributed by atoms with van der Waals surface area (Å²) >= 11 is 0. The lowest BCUT2D eigenvalue weighted by Crippen LogP contribution is -2.30. The van der Waals surface area contributed by atoms with E-state index >= 15 is 0 Å². The second-order valence-corrected chi connectivity index (χ2v) is 17.1. The monoisotopic (exact) mass is 865 g/mol. The standard InChI is InChI=1S/C56H96O6/c1-4-7-10-13-16-19-22-24-26-28-30-31-34-37-40-43-46-49-55(58)61-52-53(51-60-54(57)48-45-42-39-36-33-21-18-15-12-9-6-3)62-56(59)50-47-44-41-38-35-32-29-27-25-23-20-17-14-11-8-5-2/h8,11,15,17-18,20-21,25,27,32-33,35,53H,4-7,9-10,12-14,16,19,22-24,26,28-31,34,36-52H2,1-3H3/b11-8-,18-15-,20-17-,27-25-,33-21-,35-32-. The number of carbonyl (C=O) groups is 3. The molecular formula is C56H96O6. The van der Waals surface area contributed by atoms with Crippen molar-refractivity contribution in [3.05, 3.63) is 72.9 Å². The quantitative estimate of drug-likeness (QED) is 0.0199. The van der Waals surface area contributed by atoms with Crippen LogP contribution in [0.25, 0.3) is 0 Å². The van der Waals surface area contributed by atoms with Crippen LogP contribution in [0.5, 0.6) is 0 Å². The average molecular weight is 865 g/mol. The van der Waals surface area contributed by atoms with Gasteiger partial charge in [0.2, 0.25) is 0 Å². The highest BCUT2D eigenvalue weighted by molar-refractivity contribution is 5.71. The number of allylic oxidation sites excluding steroid dienone is 12. The van der Waals surface area contributed by atoms with Crippen LogP contribution < -0.4 is 0 Å². The lowest BCUT2D eigenvalue weighted by atomic mass is 10.0. The molecule has 0 aromatic carbocycles. The van der Waals surface area contributed by atoms with Gasteiger partial charge in [0, 0.05) is 19.3 Å². The number of hydrogen-bond donors (Lipinski definition) is 0. The number of rotatable bonds is 46. The number of unbranched alkanes of at least 4 members (excludes halogenated alkanes) is 24. The highest BCUT2D eigenvalue weighted by atomic mass is 16.6. The van der Waals surface area contributed by atoms with E-state index < -0.39 is 6.10 Å². The van der Waals surface area contributed by atoms with Crippen molar-refractivity contribution in [1.29, 1.82) is 0 Å². The SMILES string of the molecule is CC/C=C\C/C=C\C/C=C\C/C=C\CCCCCC(=O)OC(COC(=O)CCCCC/C=C\C=C/CCCC)COC(=O)CCCCCCCCCCCCCCCCCCC. The molecule has 0 saturated carbocycles. The van der Waals surface area contributed by atoms with Crippen LogP contribution >= 0.6 is 0 Å². The fourth-order valence-electron chi connectivity index (χ4n) is 7.06. The first kappa shape index (κ1) is 58.9. The average Bonchev–Trinajstić information content (AvgIpc) is 3.27. The summed E-state index contributed by atoms with van der Waals surface area (Å²) in [5, 5.41) is 0. The molecule has 1 atom stereocenters. The minimum absolute atomic E-state index is 0.0954. The third kappa shape index (κ3) is 47.9. The van der Waals surface area contributed by atoms with Gasteiger partial charge in [-0.2, -0.15) is 0 Å². The molecule has 0 aliphatic rings. The number of ether oxygens (including phenoxy) is 3. The van der Waals surface area contributed by atoms with Gasteiger partial charge >= 0.3 is 17.9 Å². The summed E-state index contributed by atoms with van der Waals surface area (Å²) in [5.41, 5.74) is 0. The van der Waals surface area contributed by atoms with Gasteiger partial charge in [0.05, 0.1) is 0 Å². The maximum Gasteiger partial charge on any atom is 0.306 e. The zero-order valence-electron chi connectivity index (χ0n) is 40.6. The van der Waals surface area contributed by atoms with Crippen molar-refractivity contribution in [3.8, 4) is 0 Å². The molecule has 0 rings (SSSR count). The predicted molar refractivity (Wildman–Crippen MR) is 265 cm³/mol. The van der Waals surface area contributed by atoms with Crippen LogP contribution in [0.2, 0.25) is 0 Å². The Balaban J connectivity index is 4.42. The number of esters is 3. The van der Waals surface area contributed by atoms with Gasteiger partial charge in [-0.05, 0) is 77.0 Å². The summed E-state index contributed by atoms with van der Waals surface area (Å²) in [5.74, 6) is -0.953. The molecule has 0 fully saturated rings. The van der Waals surface area contributed by atoms with Crippen LogP contribution in [-0.4, -0.2) is 37.2 Å². The highest BCUT2D eigenvalue weighted by Gasteiger charge is 2.19. The number of hydrogen-bond acceptors (Lipinski definition) is 6. The Morgan fingerprint density at radius 2 is 0.694 bits per heavy atom. The van der Waals surface area contributed by atoms with Crippen LogP contribution in [0, 0.1) is 0 Å². The second kappa shape index (κ2) is 50.5. The van der Waals surface area contributed by atoms with E-state index in [4.69, 9.17) is 14.2 Å². The van der Waals surface area contributed by atoms with E-state index in [0.717, 1.165) is 103 Å². The molecule has 0 saturated heterocycles. The van der Waals surface area contributed by atoms with E-state index in [0.29, 0.717) is 12.8 Å². The largest absolute Gasteiger partial charge is 0.462 e. The Bertz CT molecular complexity index is 1180. The summed E-state index contributed by atoms with van der Waals surface area (Å²) in [6.45, 7) is 6.43. The summed E-state index contributed by atoms with van der Waals surface area (Å²) in [6.07, 6.45) is 63.2. The van der Waals surface area contributed by atoms with E-state index in [1.807, 2.05) is 0 Å². The van der Waals surface area contributed by atoms with Crippen LogP contribution in [0.3, 0.4) is 0 Å². The van der Waals surface area contributed by atoms with Gasteiger partial charge in [-0.25, -0.2) is 0 Å². The normalized spacial score (nSPS) is 12.6. The molecule has 356 valence electrons.